The van der Waals surface area contributed by atoms with Crippen LogP contribution in [0.2, 0.25) is 0 Å². The van der Waals surface area contributed by atoms with Crippen molar-refractivity contribution < 1.29 is 17.6 Å². The maximum absolute atomic E-state index is 15.4. The van der Waals surface area contributed by atoms with Crippen molar-refractivity contribution in [1.82, 2.24) is 19.7 Å². The molecule has 5 rings (SSSR count). The zero-order chi connectivity index (χ0) is 22.2. The largest absolute Gasteiger partial charge is 0.369 e. The van der Waals surface area contributed by atoms with E-state index in [4.69, 9.17) is 0 Å². The minimum absolute atomic E-state index is 0.0532. The van der Waals surface area contributed by atoms with Crippen LogP contribution in [0, 0.1) is 25.5 Å². The third-order valence-corrected chi connectivity index (χ3v) is 5.81. The summed E-state index contributed by atoms with van der Waals surface area (Å²) in [6.45, 7) is 6.94. The molecule has 1 aliphatic rings. The van der Waals surface area contributed by atoms with E-state index in [2.05, 4.69) is 20.5 Å². The summed E-state index contributed by atoms with van der Waals surface area (Å²) < 4.78 is 60.4. The van der Waals surface area contributed by atoms with E-state index < -0.39 is 29.2 Å². The molecule has 9 heteroatoms. The minimum atomic E-state index is -2.96. The molecule has 0 unspecified atom stereocenters. The molecule has 0 bridgehead atoms. The third-order valence-electron chi connectivity index (χ3n) is 5.81. The first-order chi connectivity index (χ1) is 14.6. The Hall–Kier alpha value is -3.36. The van der Waals surface area contributed by atoms with Crippen LogP contribution < -0.4 is 5.32 Å². The molecule has 3 heterocycles. The number of aryl methyl sites for hydroxylation is 2. The van der Waals surface area contributed by atoms with E-state index in [1.807, 2.05) is 0 Å². The number of nitrogens with zero attached hydrogens (tertiary/aromatic N) is 3. The number of aromatic nitrogens is 4. The monoisotopic (exact) mass is 429 g/mol. The van der Waals surface area contributed by atoms with Gasteiger partial charge in [0.1, 0.15) is 17.5 Å². The van der Waals surface area contributed by atoms with E-state index in [1.54, 1.807) is 33.9 Å². The molecule has 160 valence electrons. The van der Waals surface area contributed by atoms with E-state index >= 15 is 4.39 Å². The number of fused-ring (bicyclic) bond motifs is 4. The van der Waals surface area contributed by atoms with Gasteiger partial charge in [0.05, 0.1) is 28.0 Å². The number of benzene rings is 2. The van der Waals surface area contributed by atoms with Gasteiger partial charge in [0.25, 0.3) is 6.43 Å². The predicted octanol–water partition coefficient (Wildman–Crippen LogP) is 5.91. The van der Waals surface area contributed by atoms with Crippen LogP contribution in [0.4, 0.5) is 23.2 Å². The summed E-state index contributed by atoms with van der Waals surface area (Å²) in [4.78, 5) is 3.01. The highest BCUT2D eigenvalue weighted by Gasteiger charge is 2.39. The van der Waals surface area contributed by atoms with Gasteiger partial charge in [-0.2, -0.15) is 0 Å². The second-order valence-corrected chi connectivity index (χ2v) is 8.35. The molecule has 0 aliphatic carbocycles. The maximum atomic E-state index is 15.4. The number of rotatable bonds is 2. The second-order valence-electron chi connectivity index (χ2n) is 8.35. The molecule has 0 spiro atoms. The van der Waals surface area contributed by atoms with E-state index in [1.165, 1.54) is 10.6 Å². The summed E-state index contributed by atoms with van der Waals surface area (Å²) in [6.07, 6.45) is -1.30. The average molecular weight is 429 g/mol. The Kier molecular flexibility index (Phi) is 3.99. The van der Waals surface area contributed by atoms with Crippen molar-refractivity contribution in [3.8, 4) is 16.8 Å². The third kappa shape index (κ3) is 2.68. The molecule has 0 atom stereocenters. The Morgan fingerprint density at radius 2 is 1.77 bits per heavy atom. The normalized spacial score (nSPS) is 14.6. The summed E-state index contributed by atoms with van der Waals surface area (Å²) >= 11 is 0. The molecule has 0 fully saturated rings. The molecule has 0 radical (unpaired) electrons. The Morgan fingerprint density at radius 3 is 2.48 bits per heavy atom. The first kappa shape index (κ1) is 19.6. The van der Waals surface area contributed by atoms with Crippen molar-refractivity contribution in [2.75, 3.05) is 5.32 Å². The van der Waals surface area contributed by atoms with E-state index in [-0.39, 0.29) is 22.5 Å². The average Bonchev–Trinajstić information content (AvgIpc) is 3.25. The summed E-state index contributed by atoms with van der Waals surface area (Å²) in [7, 11) is 0. The second kappa shape index (κ2) is 6.32. The standard InChI is InChI=1S/C22H19F4N5/c1-9-8-27-17-12(9)5-11(23)6-14(17)13-7-15(24)18-19(16(13)20(25)26)31-10(2)29-30-21(31)22(3,4)28-18/h5-8,20,27-28H,1-4H3. The lowest BCUT2D eigenvalue weighted by molar-refractivity contribution is 0.151. The summed E-state index contributed by atoms with van der Waals surface area (Å²) in [5.74, 6) is -0.577. The molecule has 5 nitrogen and oxygen atoms in total. The van der Waals surface area contributed by atoms with E-state index in [0.29, 0.717) is 22.6 Å². The van der Waals surface area contributed by atoms with Gasteiger partial charge in [-0.05, 0) is 57.0 Å². The van der Waals surface area contributed by atoms with Crippen molar-refractivity contribution in [1.29, 1.82) is 0 Å². The van der Waals surface area contributed by atoms with Crippen LogP contribution in [-0.4, -0.2) is 19.7 Å². The van der Waals surface area contributed by atoms with Crippen LogP contribution in [0.15, 0.2) is 24.4 Å². The zero-order valence-corrected chi connectivity index (χ0v) is 17.2. The molecule has 4 aromatic rings. The topological polar surface area (TPSA) is 58.5 Å². The molecule has 0 saturated carbocycles. The molecule has 1 aliphatic heterocycles. The Labute approximate surface area is 175 Å². The van der Waals surface area contributed by atoms with Crippen LogP contribution in [-0.2, 0) is 5.54 Å². The molecule has 2 aromatic carbocycles. The van der Waals surface area contributed by atoms with Gasteiger partial charge < -0.3 is 10.3 Å². The van der Waals surface area contributed by atoms with Gasteiger partial charge in [-0.15, -0.1) is 10.2 Å². The first-order valence-electron chi connectivity index (χ1n) is 9.73. The SMILES string of the molecule is Cc1c[nH]c2c(-c3cc(F)c4c(c3C(F)F)-n3c(C)nnc3C(C)(C)N4)cc(F)cc12. The lowest BCUT2D eigenvalue weighted by atomic mass is 9.91. The zero-order valence-electron chi connectivity index (χ0n) is 17.2. The summed E-state index contributed by atoms with van der Waals surface area (Å²) in [6, 6.07) is 3.51. The Morgan fingerprint density at radius 1 is 1.03 bits per heavy atom. The van der Waals surface area contributed by atoms with E-state index in [9.17, 15) is 13.2 Å². The first-order valence-corrected chi connectivity index (χ1v) is 9.73. The number of aromatic amines is 1. The number of alkyl halides is 2. The highest BCUT2D eigenvalue weighted by molar-refractivity contribution is 5.98. The molecule has 0 amide bonds. The number of halogens is 4. The van der Waals surface area contributed by atoms with Crippen LogP contribution >= 0.6 is 0 Å². The molecule has 31 heavy (non-hydrogen) atoms. The van der Waals surface area contributed by atoms with Gasteiger partial charge in [0, 0.05) is 17.1 Å². The van der Waals surface area contributed by atoms with Crippen molar-refractivity contribution in [3.63, 3.8) is 0 Å². The number of nitrogens with one attached hydrogen (secondary N) is 2. The molecule has 0 saturated heterocycles. The Balaban J connectivity index is 1.93. The van der Waals surface area contributed by atoms with Crippen LogP contribution in [0.25, 0.3) is 27.7 Å². The Bertz CT molecular complexity index is 1370. The number of hydrogen-bond acceptors (Lipinski definition) is 3. The predicted molar refractivity (Wildman–Crippen MR) is 110 cm³/mol. The van der Waals surface area contributed by atoms with Gasteiger partial charge >= 0.3 is 0 Å². The van der Waals surface area contributed by atoms with Crippen molar-refractivity contribution >= 4 is 16.6 Å². The fraction of sp³-hybridized carbons (Fsp3) is 0.273. The lowest BCUT2D eigenvalue weighted by Crippen LogP contribution is -2.37. The van der Waals surface area contributed by atoms with Crippen LogP contribution in [0.5, 0.6) is 0 Å². The van der Waals surface area contributed by atoms with E-state index in [0.717, 1.165) is 17.7 Å². The molecule has 2 aromatic heterocycles. The fourth-order valence-corrected chi connectivity index (χ4v) is 4.39. The maximum Gasteiger partial charge on any atom is 0.266 e. The number of anilines is 1. The van der Waals surface area contributed by atoms with Crippen LogP contribution in [0.3, 0.4) is 0 Å². The number of hydrogen-bond donors (Lipinski definition) is 2. The van der Waals surface area contributed by atoms with Crippen molar-refractivity contribution in [2.24, 2.45) is 0 Å². The minimum Gasteiger partial charge on any atom is -0.369 e. The fourth-order valence-electron chi connectivity index (χ4n) is 4.39. The molecular weight excluding hydrogens is 410 g/mol. The lowest BCUT2D eigenvalue weighted by Gasteiger charge is -2.35. The molecule has 2 N–H and O–H groups in total. The van der Waals surface area contributed by atoms with Gasteiger partial charge in [0.2, 0.25) is 0 Å². The highest BCUT2D eigenvalue weighted by atomic mass is 19.3. The van der Waals surface area contributed by atoms with Crippen molar-refractivity contribution in [3.05, 3.63) is 58.8 Å². The quantitative estimate of drug-likeness (QED) is 0.390. The summed E-state index contributed by atoms with van der Waals surface area (Å²) in [5, 5.41) is 11.7. The van der Waals surface area contributed by atoms with Gasteiger partial charge in [-0.1, -0.05) is 0 Å². The van der Waals surface area contributed by atoms with Gasteiger partial charge in [0.15, 0.2) is 5.82 Å². The van der Waals surface area contributed by atoms with Gasteiger partial charge in [-0.25, -0.2) is 17.6 Å². The van der Waals surface area contributed by atoms with Crippen molar-refractivity contribution in [2.45, 2.75) is 39.7 Å². The highest BCUT2D eigenvalue weighted by Crippen LogP contribution is 2.47. The molecular formula is C22H19F4N5. The smallest absolute Gasteiger partial charge is 0.266 e. The van der Waals surface area contributed by atoms with Gasteiger partial charge in [-0.3, -0.25) is 4.57 Å². The summed E-state index contributed by atoms with van der Waals surface area (Å²) in [5.41, 5.74) is -0.0629. The number of H-pyrrole nitrogens is 1. The van der Waals surface area contributed by atoms with Crippen LogP contribution in [0.1, 0.15) is 43.0 Å².